The van der Waals surface area contributed by atoms with E-state index in [1.165, 1.54) is 0 Å². The summed E-state index contributed by atoms with van der Waals surface area (Å²) in [6.07, 6.45) is -0.428. The first-order valence-electron chi connectivity index (χ1n) is 8.62. The monoisotopic (exact) mass is 330 g/mol. The Labute approximate surface area is 143 Å². The summed E-state index contributed by atoms with van der Waals surface area (Å²) in [5, 5.41) is 18.5. The number of β-amino-alcohol motifs (C(OH)–C–C–N with tert-alkyl or cyclic N) is 1. The number of nitrogens with zero attached hydrogens (tertiary/aromatic N) is 4. The fraction of sp³-hybridized carbons (Fsp3) is 0.556. The molecule has 24 heavy (non-hydrogen) atoms. The molecule has 0 amide bonds. The molecule has 0 spiro atoms. The molecule has 6 heteroatoms. The van der Waals surface area contributed by atoms with Crippen molar-refractivity contribution in [3.8, 4) is 0 Å². The summed E-state index contributed by atoms with van der Waals surface area (Å²) < 4.78 is 5.68. The average molecular weight is 330 g/mol. The highest BCUT2D eigenvalue weighted by Gasteiger charge is 2.21. The Balaban J connectivity index is 1.45. The van der Waals surface area contributed by atoms with E-state index < -0.39 is 6.10 Å². The van der Waals surface area contributed by atoms with Crippen LogP contribution in [0, 0.1) is 0 Å². The fourth-order valence-corrected chi connectivity index (χ4v) is 2.91. The summed E-state index contributed by atoms with van der Waals surface area (Å²) in [5.41, 5.74) is 0.979. The minimum atomic E-state index is -0.428. The van der Waals surface area contributed by atoms with E-state index in [0.29, 0.717) is 24.9 Å². The number of aliphatic hydroxyl groups is 1. The van der Waals surface area contributed by atoms with Crippen LogP contribution < -0.4 is 0 Å². The molecule has 1 saturated heterocycles. The zero-order valence-electron chi connectivity index (χ0n) is 14.4. The third-order valence-corrected chi connectivity index (χ3v) is 4.42. The highest BCUT2D eigenvalue weighted by Crippen LogP contribution is 2.17. The van der Waals surface area contributed by atoms with Crippen LogP contribution in [0.1, 0.15) is 43.2 Å². The van der Waals surface area contributed by atoms with Gasteiger partial charge in [0.2, 0.25) is 11.8 Å². The smallest absolute Gasteiger partial charge is 0.230 e. The van der Waals surface area contributed by atoms with E-state index >= 15 is 0 Å². The molecule has 1 N–H and O–H groups in total. The summed E-state index contributed by atoms with van der Waals surface area (Å²) in [5.74, 6) is 1.66. The number of aromatic nitrogens is 2. The van der Waals surface area contributed by atoms with Crippen molar-refractivity contribution in [3.63, 3.8) is 0 Å². The molecule has 1 aromatic heterocycles. The molecule has 1 aliphatic heterocycles. The summed E-state index contributed by atoms with van der Waals surface area (Å²) >= 11 is 0. The fourth-order valence-electron chi connectivity index (χ4n) is 2.91. The molecule has 1 aliphatic rings. The van der Waals surface area contributed by atoms with Crippen molar-refractivity contribution >= 4 is 0 Å². The number of rotatable bonds is 6. The number of hydrogen-bond donors (Lipinski definition) is 1. The van der Waals surface area contributed by atoms with E-state index in [1.54, 1.807) is 0 Å². The van der Waals surface area contributed by atoms with Crippen molar-refractivity contribution in [1.82, 2.24) is 20.0 Å². The molecule has 6 nitrogen and oxygen atoms in total. The van der Waals surface area contributed by atoms with Crippen LogP contribution in [-0.2, 0) is 6.54 Å². The van der Waals surface area contributed by atoms with Crippen LogP contribution in [0.3, 0.4) is 0 Å². The van der Waals surface area contributed by atoms with Crippen molar-refractivity contribution in [3.05, 3.63) is 47.7 Å². The van der Waals surface area contributed by atoms with Crippen LogP contribution in [0.25, 0.3) is 0 Å². The SMILES string of the molecule is CC(C)c1nnc(CN2CCN(C[C@H](O)c3ccccc3)CC2)o1. The Morgan fingerprint density at radius 1 is 1.04 bits per heavy atom. The maximum atomic E-state index is 10.3. The first kappa shape index (κ1) is 17.1. The van der Waals surface area contributed by atoms with Gasteiger partial charge in [0.25, 0.3) is 0 Å². The molecule has 0 radical (unpaired) electrons. The Morgan fingerprint density at radius 2 is 1.71 bits per heavy atom. The standard InChI is InChI=1S/C18H26N4O2/c1-14(2)18-20-19-17(24-18)13-22-10-8-21(9-11-22)12-16(23)15-6-4-3-5-7-15/h3-7,14,16,23H,8-13H2,1-2H3/t16-/m0/s1. The van der Waals surface area contributed by atoms with E-state index in [4.69, 9.17) is 4.42 Å². The molecule has 2 aromatic rings. The van der Waals surface area contributed by atoms with Crippen molar-refractivity contribution in [2.75, 3.05) is 32.7 Å². The van der Waals surface area contributed by atoms with Crippen LogP contribution in [0.4, 0.5) is 0 Å². The van der Waals surface area contributed by atoms with Gasteiger partial charge < -0.3 is 9.52 Å². The van der Waals surface area contributed by atoms with Gasteiger partial charge in [-0.1, -0.05) is 44.2 Å². The van der Waals surface area contributed by atoms with Gasteiger partial charge in [0.1, 0.15) is 0 Å². The number of aliphatic hydroxyl groups excluding tert-OH is 1. The van der Waals surface area contributed by atoms with Gasteiger partial charge in [-0.2, -0.15) is 0 Å². The quantitative estimate of drug-likeness (QED) is 0.874. The molecular formula is C18H26N4O2. The Kier molecular flexibility index (Phi) is 5.60. The lowest BCUT2D eigenvalue weighted by Crippen LogP contribution is -2.47. The minimum Gasteiger partial charge on any atom is -0.424 e. The summed E-state index contributed by atoms with van der Waals surface area (Å²) in [6, 6.07) is 9.85. The first-order valence-corrected chi connectivity index (χ1v) is 8.62. The normalized spacial score (nSPS) is 18.2. The third kappa shape index (κ3) is 4.41. The summed E-state index contributed by atoms with van der Waals surface area (Å²) in [7, 11) is 0. The topological polar surface area (TPSA) is 65.6 Å². The number of benzene rings is 1. The van der Waals surface area contributed by atoms with E-state index in [-0.39, 0.29) is 5.92 Å². The van der Waals surface area contributed by atoms with E-state index in [9.17, 15) is 5.11 Å². The molecule has 0 aliphatic carbocycles. The van der Waals surface area contributed by atoms with Gasteiger partial charge in [0, 0.05) is 38.6 Å². The van der Waals surface area contributed by atoms with Crippen LogP contribution in [0.2, 0.25) is 0 Å². The van der Waals surface area contributed by atoms with Crippen molar-refractivity contribution in [2.24, 2.45) is 0 Å². The Morgan fingerprint density at radius 3 is 2.33 bits per heavy atom. The van der Waals surface area contributed by atoms with Gasteiger partial charge in [0.05, 0.1) is 12.6 Å². The maximum absolute atomic E-state index is 10.3. The zero-order valence-corrected chi connectivity index (χ0v) is 14.4. The molecule has 130 valence electrons. The lowest BCUT2D eigenvalue weighted by atomic mass is 10.1. The minimum absolute atomic E-state index is 0.266. The number of hydrogen-bond acceptors (Lipinski definition) is 6. The van der Waals surface area contributed by atoms with Gasteiger partial charge in [-0.05, 0) is 5.56 Å². The van der Waals surface area contributed by atoms with Crippen LogP contribution in [0.15, 0.2) is 34.7 Å². The van der Waals surface area contributed by atoms with Gasteiger partial charge in [-0.25, -0.2) is 0 Å². The van der Waals surface area contributed by atoms with Crippen molar-refractivity contribution in [1.29, 1.82) is 0 Å². The maximum Gasteiger partial charge on any atom is 0.230 e. The number of piperazine rings is 1. The van der Waals surface area contributed by atoms with Gasteiger partial charge >= 0.3 is 0 Å². The van der Waals surface area contributed by atoms with Crippen molar-refractivity contribution in [2.45, 2.75) is 32.4 Å². The second kappa shape index (κ2) is 7.88. The molecule has 0 bridgehead atoms. The highest BCUT2D eigenvalue weighted by atomic mass is 16.4. The van der Waals surface area contributed by atoms with Crippen LogP contribution in [0.5, 0.6) is 0 Å². The van der Waals surface area contributed by atoms with Crippen LogP contribution in [-0.4, -0.2) is 57.8 Å². The second-order valence-corrected chi connectivity index (χ2v) is 6.69. The van der Waals surface area contributed by atoms with E-state index in [2.05, 4.69) is 20.0 Å². The van der Waals surface area contributed by atoms with Gasteiger partial charge in [0.15, 0.2) is 0 Å². The molecular weight excluding hydrogens is 304 g/mol. The predicted octanol–water partition coefficient (Wildman–Crippen LogP) is 2.04. The summed E-state index contributed by atoms with van der Waals surface area (Å²) in [6.45, 7) is 9.25. The molecule has 0 saturated carbocycles. The first-order chi connectivity index (χ1) is 11.6. The highest BCUT2D eigenvalue weighted by molar-refractivity contribution is 5.17. The van der Waals surface area contributed by atoms with Crippen molar-refractivity contribution < 1.29 is 9.52 Å². The molecule has 1 atom stereocenters. The van der Waals surface area contributed by atoms with Crippen LogP contribution >= 0.6 is 0 Å². The Hall–Kier alpha value is -1.76. The largest absolute Gasteiger partial charge is 0.424 e. The van der Waals surface area contributed by atoms with E-state index in [1.807, 2.05) is 44.2 Å². The molecule has 1 aromatic carbocycles. The molecule has 1 fully saturated rings. The van der Waals surface area contributed by atoms with Gasteiger partial charge in [-0.3, -0.25) is 9.80 Å². The second-order valence-electron chi connectivity index (χ2n) is 6.69. The average Bonchev–Trinajstić information content (AvgIpc) is 3.06. The molecule has 0 unspecified atom stereocenters. The lowest BCUT2D eigenvalue weighted by molar-refractivity contribution is 0.0670. The zero-order chi connectivity index (χ0) is 16.9. The molecule has 3 rings (SSSR count). The molecule has 2 heterocycles. The van der Waals surface area contributed by atoms with E-state index in [0.717, 1.165) is 31.7 Å². The Bertz CT molecular complexity index is 621. The predicted molar refractivity (Wildman–Crippen MR) is 91.5 cm³/mol. The third-order valence-electron chi connectivity index (χ3n) is 4.42. The summed E-state index contributed by atoms with van der Waals surface area (Å²) in [4.78, 5) is 4.63. The lowest BCUT2D eigenvalue weighted by Gasteiger charge is -2.35. The van der Waals surface area contributed by atoms with Gasteiger partial charge in [-0.15, -0.1) is 10.2 Å².